The largest absolute Gasteiger partial charge is 0.465 e. The van der Waals surface area contributed by atoms with E-state index in [1.165, 1.54) is 18.4 Å². The normalized spacial score (nSPS) is 18.8. The zero-order valence-electron chi connectivity index (χ0n) is 16.8. The molecule has 0 aliphatic carbocycles. The third-order valence-corrected chi connectivity index (χ3v) is 6.08. The van der Waals surface area contributed by atoms with Crippen molar-refractivity contribution in [1.29, 1.82) is 0 Å². The number of aryl methyl sites for hydroxylation is 1. The standard InChI is InChI=1S/C22H29NO4S/c1-4-5-7-16(2)19(24)12-9-17-10-14-21(25)23(17)15-6-8-18-11-13-20(28-18)22(26)27-3/h9,11-13,16-17,19,24H,6-8,10,14-15H2,1-3H3/b12-9+/t16-,17+,19-/m1/s1. The predicted octanol–water partition coefficient (Wildman–Crippen LogP) is 3.42. The van der Waals surface area contributed by atoms with Gasteiger partial charge in [0.05, 0.1) is 19.3 Å². The van der Waals surface area contributed by atoms with Gasteiger partial charge in [-0.3, -0.25) is 4.79 Å². The summed E-state index contributed by atoms with van der Waals surface area (Å²) in [7, 11) is 1.38. The van der Waals surface area contributed by atoms with Crippen LogP contribution in [0.5, 0.6) is 0 Å². The molecule has 3 atom stereocenters. The minimum absolute atomic E-state index is 0.0422. The monoisotopic (exact) mass is 403 g/mol. The number of carbonyl (C=O) groups is 2. The average molecular weight is 404 g/mol. The van der Waals surface area contributed by atoms with E-state index in [0.717, 1.165) is 24.1 Å². The number of ether oxygens (including phenoxy) is 1. The van der Waals surface area contributed by atoms with Crippen LogP contribution in [-0.4, -0.2) is 47.7 Å². The number of likely N-dealkylation sites (tertiary alicyclic amines) is 1. The van der Waals surface area contributed by atoms with Crippen molar-refractivity contribution in [3.8, 4) is 11.8 Å². The summed E-state index contributed by atoms with van der Waals surface area (Å²) < 4.78 is 4.73. The highest BCUT2D eigenvalue weighted by Gasteiger charge is 2.28. The maximum atomic E-state index is 12.2. The number of thiophene rings is 1. The number of rotatable bonds is 9. The smallest absolute Gasteiger partial charge is 0.348 e. The van der Waals surface area contributed by atoms with Gasteiger partial charge in [0, 0.05) is 24.3 Å². The molecule has 1 saturated heterocycles. The molecule has 1 fully saturated rings. The average Bonchev–Trinajstić information content (AvgIpc) is 3.31. The number of esters is 1. The summed E-state index contributed by atoms with van der Waals surface area (Å²) in [5.41, 5.74) is 0. The molecule has 1 aromatic rings. The van der Waals surface area contributed by atoms with E-state index in [9.17, 15) is 14.7 Å². The Bertz CT molecular complexity index is 758. The van der Waals surface area contributed by atoms with Crippen LogP contribution in [0.15, 0.2) is 24.3 Å². The van der Waals surface area contributed by atoms with E-state index in [4.69, 9.17) is 4.74 Å². The molecule has 1 aliphatic rings. The summed E-state index contributed by atoms with van der Waals surface area (Å²) in [6.45, 7) is 4.44. The van der Waals surface area contributed by atoms with Gasteiger partial charge >= 0.3 is 5.97 Å². The zero-order valence-corrected chi connectivity index (χ0v) is 17.6. The highest BCUT2D eigenvalue weighted by atomic mass is 32.1. The van der Waals surface area contributed by atoms with Gasteiger partial charge in [-0.15, -0.1) is 23.2 Å². The van der Waals surface area contributed by atoms with Crippen LogP contribution in [-0.2, 0) is 16.0 Å². The van der Waals surface area contributed by atoms with Gasteiger partial charge in [0.25, 0.3) is 0 Å². The zero-order chi connectivity index (χ0) is 20.5. The van der Waals surface area contributed by atoms with Gasteiger partial charge in [-0.2, -0.15) is 0 Å². The van der Waals surface area contributed by atoms with Gasteiger partial charge in [0.2, 0.25) is 5.91 Å². The van der Waals surface area contributed by atoms with Crippen molar-refractivity contribution >= 4 is 23.2 Å². The third-order valence-electron chi connectivity index (χ3n) is 4.96. The molecule has 1 N–H and O–H groups in total. The van der Waals surface area contributed by atoms with Crippen molar-refractivity contribution in [2.45, 2.75) is 58.1 Å². The maximum Gasteiger partial charge on any atom is 0.348 e. The Labute approximate surface area is 171 Å². The first-order valence-electron chi connectivity index (χ1n) is 9.68. The van der Waals surface area contributed by atoms with Crippen LogP contribution in [0, 0.1) is 17.8 Å². The fourth-order valence-electron chi connectivity index (χ4n) is 3.21. The lowest BCUT2D eigenvalue weighted by Gasteiger charge is -2.23. The summed E-state index contributed by atoms with van der Waals surface area (Å²) in [5, 5.41) is 10.3. The maximum absolute atomic E-state index is 12.2. The number of nitrogens with zero attached hydrogens (tertiary/aromatic N) is 1. The summed E-state index contributed by atoms with van der Waals surface area (Å²) in [5.74, 6) is 5.76. The molecule has 28 heavy (non-hydrogen) atoms. The van der Waals surface area contributed by atoms with E-state index in [2.05, 4.69) is 11.8 Å². The van der Waals surface area contributed by atoms with Crippen LogP contribution in [0.4, 0.5) is 0 Å². The van der Waals surface area contributed by atoms with Crippen LogP contribution < -0.4 is 0 Å². The molecule has 0 saturated carbocycles. The molecule has 0 bridgehead atoms. The first-order valence-corrected chi connectivity index (χ1v) is 10.5. The molecule has 1 aliphatic heterocycles. The Morgan fingerprint density at radius 1 is 1.50 bits per heavy atom. The highest BCUT2D eigenvalue weighted by Crippen LogP contribution is 2.23. The predicted molar refractivity (Wildman–Crippen MR) is 111 cm³/mol. The van der Waals surface area contributed by atoms with Crippen molar-refractivity contribution in [1.82, 2.24) is 4.90 Å². The Balaban J connectivity index is 1.86. The Hall–Kier alpha value is -2.10. The molecule has 6 heteroatoms. The lowest BCUT2D eigenvalue weighted by Crippen LogP contribution is -2.33. The highest BCUT2D eigenvalue weighted by molar-refractivity contribution is 7.13. The van der Waals surface area contributed by atoms with Gasteiger partial charge < -0.3 is 14.7 Å². The second kappa shape index (κ2) is 11.0. The molecule has 0 unspecified atom stereocenters. The number of aliphatic hydroxyl groups is 1. The minimum Gasteiger partial charge on any atom is -0.465 e. The van der Waals surface area contributed by atoms with Crippen LogP contribution in [0.2, 0.25) is 0 Å². The summed E-state index contributed by atoms with van der Waals surface area (Å²) >= 11 is 1.44. The van der Waals surface area contributed by atoms with E-state index in [1.807, 2.05) is 24.0 Å². The molecule has 0 spiro atoms. The van der Waals surface area contributed by atoms with Crippen molar-refractivity contribution in [3.05, 3.63) is 34.0 Å². The topological polar surface area (TPSA) is 66.8 Å². The van der Waals surface area contributed by atoms with Crippen molar-refractivity contribution < 1.29 is 19.4 Å². The number of hydrogen-bond acceptors (Lipinski definition) is 5. The Morgan fingerprint density at radius 3 is 3.00 bits per heavy atom. The van der Waals surface area contributed by atoms with Crippen LogP contribution in [0.1, 0.15) is 54.1 Å². The minimum atomic E-state index is -0.554. The van der Waals surface area contributed by atoms with E-state index in [-0.39, 0.29) is 23.8 Å². The molecular formula is C22H29NO4S. The lowest BCUT2D eigenvalue weighted by atomic mass is 10.00. The van der Waals surface area contributed by atoms with Crippen LogP contribution in [0.3, 0.4) is 0 Å². The number of hydrogen-bond donors (Lipinski definition) is 1. The summed E-state index contributed by atoms with van der Waals surface area (Å²) in [4.78, 5) is 27.4. The number of aliphatic hydroxyl groups excluding tert-OH is 1. The van der Waals surface area contributed by atoms with Crippen molar-refractivity contribution in [2.24, 2.45) is 5.92 Å². The fourth-order valence-corrected chi connectivity index (χ4v) is 4.18. The Kier molecular flexibility index (Phi) is 8.75. The molecule has 5 nitrogen and oxygen atoms in total. The van der Waals surface area contributed by atoms with Gasteiger partial charge in [-0.25, -0.2) is 4.79 Å². The van der Waals surface area contributed by atoms with Gasteiger partial charge in [0.1, 0.15) is 4.88 Å². The van der Waals surface area contributed by atoms with E-state index in [1.54, 1.807) is 19.1 Å². The molecule has 2 rings (SSSR count). The molecule has 1 amide bonds. The molecule has 2 heterocycles. The first kappa shape index (κ1) is 22.2. The second-order valence-corrected chi connectivity index (χ2v) is 8.21. The third kappa shape index (κ3) is 6.22. The molecule has 1 aromatic heterocycles. The lowest BCUT2D eigenvalue weighted by molar-refractivity contribution is -0.128. The summed E-state index contributed by atoms with van der Waals surface area (Å²) in [6, 6.07) is 3.77. The van der Waals surface area contributed by atoms with Gasteiger partial charge in [0.15, 0.2) is 0 Å². The quantitative estimate of drug-likeness (QED) is 0.390. The van der Waals surface area contributed by atoms with Crippen molar-refractivity contribution in [2.75, 3.05) is 13.7 Å². The molecule has 152 valence electrons. The number of methoxy groups -OCH3 is 1. The van der Waals surface area contributed by atoms with Gasteiger partial charge in [-0.1, -0.05) is 19.1 Å². The molecule has 0 radical (unpaired) electrons. The van der Waals surface area contributed by atoms with Gasteiger partial charge in [-0.05, 0) is 44.2 Å². The molecular weight excluding hydrogens is 374 g/mol. The van der Waals surface area contributed by atoms with E-state index in [0.29, 0.717) is 24.3 Å². The SMILES string of the molecule is CC#CC[C@@H](C)[C@H](O)/C=C/[C@H]1CCC(=O)N1CCCc1ccc(C(=O)OC)s1. The number of carbonyl (C=O) groups excluding carboxylic acids is 2. The summed E-state index contributed by atoms with van der Waals surface area (Å²) in [6.07, 6.45) is 6.86. The molecule has 0 aromatic carbocycles. The first-order chi connectivity index (χ1) is 13.5. The van der Waals surface area contributed by atoms with E-state index >= 15 is 0 Å². The fraction of sp³-hybridized carbons (Fsp3) is 0.545. The van der Waals surface area contributed by atoms with Crippen LogP contribution >= 0.6 is 11.3 Å². The van der Waals surface area contributed by atoms with E-state index < -0.39 is 6.10 Å². The Morgan fingerprint density at radius 2 is 2.29 bits per heavy atom. The number of amides is 1. The second-order valence-electron chi connectivity index (χ2n) is 7.04. The van der Waals surface area contributed by atoms with Crippen molar-refractivity contribution in [3.63, 3.8) is 0 Å². The van der Waals surface area contributed by atoms with Crippen LogP contribution in [0.25, 0.3) is 0 Å².